The molecular weight excluding hydrogens is 466 g/mol. The van der Waals surface area contributed by atoms with E-state index in [1.54, 1.807) is 5.57 Å². The van der Waals surface area contributed by atoms with Crippen molar-refractivity contribution < 1.29 is 9.59 Å². The van der Waals surface area contributed by atoms with Gasteiger partial charge in [-0.3, -0.25) is 14.6 Å². The van der Waals surface area contributed by atoms with Crippen LogP contribution in [0.1, 0.15) is 69.8 Å². The first-order valence-electron chi connectivity index (χ1n) is 14.6. The zero-order chi connectivity index (χ0) is 26.0. The van der Waals surface area contributed by atoms with Gasteiger partial charge in [-0.15, -0.1) is 6.58 Å². The standard InChI is InChI=1S/C35H37NO2/c1-3-21-18-31-29-14-12-25-17-27(37)13-15-28(25)32(29)30(19-35(31,2)33(21)34(38)24-10-11-24)23-8-6-22(7-9-23)26-5-4-16-36-20-26/h3-9,16-17,20-21,24,29-31,33H,1,10-15,18-19H2,2H3/t21-,29+,30-,31+,33-,35+/m1/s1. The topological polar surface area (TPSA) is 47.0 Å². The van der Waals surface area contributed by atoms with Crippen LogP contribution >= 0.6 is 0 Å². The minimum atomic E-state index is -0.0222. The Morgan fingerprint density at radius 1 is 1.05 bits per heavy atom. The van der Waals surface area contributed by atoms with Gasteiger partial charge in [-0.2, -0.15) is 0 Å². The van der Waals surface area contributed by atoms with Crippen molar-refractivity contribution in [1.29, 1.82) is 0 Å². The second-order valence-electron chi connectivity index (χ2n) is 12.7. The Morgan fingerprint density at radius 3 is 2.58 bits per heavy atom. The van der Waals surface area contributed by atoms with Crippen molar-refractivity contribution in [3.63, 3.8) is 0 Å². The highest BCUT2D eigenvalue weighted by molar-refractivity contribution is 5.93. The van der Waals surface area contributed by atoms with Gasteiger partial charge in [0.25, 0.3) is 0 Å². The summed E-state index contributed by atoms with van der Waals surface area (Å²) in [5, 5.41) is 0. The van der Waals surface area contributed by atoms with Crippen LogP contribution in [0, 0.1) is 35.0 Å². The third-order valence-electron chi connectivity index (χ3n) is 10.7. The van der Waals surface area contributed by atoms with E-state index in [2.05, 4.69) is 54.9 Å². The predicted molar refractivity (Wildman–Crippen MR) is 150 cm³/mol. The molecule has 0 saturated heterocycles. The molecule has 194 valence electrons. The number of aromatic nitrogens is 1. The second-order valence-corrected chi connectivity index (χ2v) is 12.7. The summed E-state index contributed by atoms with van der Waals surface area (Å²) >= 11 is 0. The molecule has 1 aromatic carbocycles. The molecule has 5 aliphatic rings. The van der Waals surface area contributed by atoms with Crippen molar-refractivity contribution in [3.8, 4) is 11.1 Å². The lowest BCUT2D eigenvalue weighted by Crippen LogP contribution is -2.45. The maximum Gasteiger partial charge on any atom is 0.156 e. The fraction of sp³-hybridized carbons (Fsp3) is 0.457. The molecule has 0 spiro atoms. The van der Waals surface area contributed by atoms with Gasteiger partial charge in [-0.1, -0.05) is 48.9 Å². The maximum absolute atomic E-state index is 13.8. The number of pyridine rings is 1. The molecule has 0 unspecified atom stereocenters. The lowest BCUT2D eigenvalue weighted by Gasteiger charge is -2.52. The van der Waals surface area contributed by atoms with Crippen molar-refractivity contribution in [2.45, 2.75) is 64.2 Å². The van der Waals surface area contributed by atoms with Gasteiger partial charge in [0.2, 0.25) is 0 Å². The first-order valence-corrected chi connectivity index (χ1v) is 14.6. The van der Waals surface area contributed by atoms with Gasteiger partial charge in [0.1, 0.15) is 5.78 Å². The molecule has 7 rings (SSSR count). The molecular formula is C35H37NO2. The van der Waals surface area contributed by atoms with Crippen LogP contribution in [-0.4, -0.2) is 16.6 Å². The van der Waals surface area contributed by atoms with Gasteiger partial charge >= 0.3 is 0 Å². The smallest absolute Gasteiger partial charge is 0.156 e. The molecule has 3 fully saturated rings. The first kappa shape index (κ1) is 24.0. The Kier molecular flexibility index (Phi) is 5.69. The highest BCUT2D eigenvalue weighted by Gasteiger charge is 2.62. The molecule has 0 amide bonds. The van der Waals surface area contributed by atoms with E-state index < -0.39 is 0 Å². The average molecular weight is 504 g/mol. The summed E-state index contributed by atoms with van der Waals surface area (Å²) in [4.78, 5) is 30.4. The van der Waals surface area contributed by atoms with E-state index in [-0.39, 0.29) is 34.9 Å². The van der Waals surface area contributed by atoms with E-state index in [1.807, 2.05) is 24.5 Å². The van der Waals surface area contributed by atoms with Crippen LogP contribution in [0.25, 0.3) is 11.1 Å². The van der Waals surface area contributed by atoms with Gasteiger partial charge in [-0.25, -0.2) is 0 Å². The normalized spacial score (nSPS) is 34.2. The van der Waals surface area contributed by atoms with Crippen LogP contribution in [0.5, 0.6) is 0 Å². The third-order valence-corrected chi connectivity index (χ3v) is 10.7. The maximum atomic E-state index is 13.8. The van der Waals surface area contributed by atoms with E-state index in [1.165, 1.54) is 22.3 Å². The van der Waals surface area contributed by atoms with Gasteiger partial charge < -0.3 is 0 Å². The summed E-state index contributed by atoms with van der Waals surface area (Å²) < 4.78 is 0. The van der Waals surface area contributed by atoms with Crippen LogP contribution in [0.4, 0.5) is 0 Å². The number of carbonyl (C=O) groups is 2. The number of hydrogen-bond acceptors (Lipinski definition) is 3. The fourth-order valence-corrected chi connectivity index (χ4v) is 8.89. The molecule has 6 atom stereocenters. The predicted octanol–water partition coefficient (Wildman–Crippen LogP) is 7.66. The minimum Gasteiger partial charge on any atom is -0.299 e. The minimum absolute atomic E-state index is 0.0222. The van der Waals surface area contributed by atoms with Gasteiger partial charge in [-0.05, 0) is 108 Å². The summed E-state index contributed by atoms with van der Waals surface area (Å²) in [6, 6.07) is 13.2. The summed E-state index contributed by atoms with van der Waals surface area (Å²) in [5.41, 5.74) is 7.98. The fourth-order valence-electron chi connectivity index (χ4n) is 8.89. The van der Waals surface area contributed by atoms with Crippen LogP contribution in [0.3, 0.4) is 0 Å². The number of rotatable bonds is 5. The van der Waals surface area contributed by atoms with Crippen molar-refractivity contribution in [1.82, 2.24) is 4.98 Å². The lowest BCUT2D eigenvalue weighted by molar-refractivity contribution is -0.129. The summed E-state index contributed by atoms with van der Waals surface area (Å²) in [6.07, 6.45) is 15.6. The van der Waals surface area contributed by atoms with Gasteiger partial charge in [0.15, 0.2) is 5.78 Å². The van der Waals surface area contributed by atoms with Crippen LogP contribution < -0.4 is 0 Å². The molecule has 5 aliphatic carbocycles. The molecule has 3 heteroatoms. The highest BCUT2D eigenvalue weighted by Crippen LogP contribution is 2.68. The Hall–Kier alpha value is -3.07. The van der Waals surface area contributed by atoms with Crippen molar-refractivity contribution in [2.24, 2.45) is 35.0 Å². The molecule has 2 aromatic rings. The van der Waals surface area contributed by atoms with E-state index in [9.17, 15) is 9.59 Å². The third kappa shape index (κ3) is 3.73. The van der Waals surface area contributed by atoms with Gasteiger partial charge in [0, 0.05) is 36.6 Å². The van der Waals surface area contributed by atoms with Crippen LogP contribution in [0.15, 0.2) is 84.2 Å². The number of Topliss-reactive ketones (excluding diaryl/α,β-unsaturated/α-hetero) is 1. The molecule has 3 nitrogen and oxygen atoms in total. The lowest BCUT2D eigenvalue weighted by atomic mass is 9.51. The van der Waals surface area contributed by atoms with Crippen molar-refractivity contribution in [2.75, 3.05) is 0 Å². The summed E-state index contributed by atoms with van der Waals surface area (Å²) in [7, 11) is 0. The zero-order valence-electron chi connectivity index (χ0n) is 22.4. The Labute approximate surface area is 226 Å². The van der Waals surface area contributed by atoms with Gasteiger partial charge in [0.05, 0.1) is 0 Å². The Morgan fingerprint density at radius 2 is 1.87 bits per heavy atom. The quantitative estimate of drug-likeness (QED) is 0.394. The summed E-state index contributed by atoms with van der Waals surface area (Å²) in [5.74, 6) is 2.72. The number of hydrogen-bond donors (Lipinski definition) is 0. The molecule has 0 bridgehead atoms. The largest absolute Gasteiger partial charge is 0.299 e. The summed E-state index contributed by atoms with van der Waals surface area (Å²) in [6.45, 7) is 6.67. The molecule has 3 saturated carbocycles. The van der Waals surface area contributed by atoms with Crippen LogP contribution in [-0.2, 0) is 9.59 Å². The molecule has 1 aromatic heterocycles. The first-order chi connectivity index (χ1) is 18.5. The molecule has 0 radical (unpaired) electrons. The SMILES string of the molecule is C=C[C@@H]1C[C@H]2[C@@H]3CCC4=CC(=O)CCC4=C3[C@@H](c3ccc(-c4cccnc4)cc3)C[C@]2(C)[C@H]1C(=O)C1CC1. The Bertz CT molecular complexity index is 1360. The molecule has 0 aliphatic heterocycles. The van der Waals surface area contributed by atoms with E-state index >= 15 is 0 Å². The number of allylic oxidation sites excluding steroid dienone is 5. The van der Waals surface area contributed by atoms with Crippen LogP contribution in [0.2, 0.25) is 0 Å². The Balaban J connectivity index is 1.35. The van der Waals surface area contributed by atoms with E-state index in [4.69, 9.17) is 0 Å². The number of ketones is 2. The number of carbonyl (C=O) groups excluding carboxylic acids is 2. The number of fused-ring (bicyclic) bond motifs is 4. The highest BCUT2D eigenvalue weighted by atomic mass is 16.1. The van der Waals surface area contributed by atoms with Crippen molar-refractivity contribution in [3.05, 3.63) is 89.8 Å². The molecule has 0 N–H and O–H groups in total. The molecule has 38 heavy (non-hydrogen) atoms. The van der Waals surface area contributed by atoms with E-state index in [0.717, 1.165) is 50.5 Å². The van der Waals surface area contributed by atoms with Crippen molar-refractivity contribution >= 4 is 11.6 Å². The number of benzene rings is 1. The molecule has 1 heterocycles. The average Bonchev–Trinajstić information content (AvgIpc) is 3.75. The second kappa shape index (κ2) is 9.00. The monoisotopic (exact) mass is 503 g/mol. The zero-order valence-corrected chi connectivity index (χ0v) is 22.4. The number of nitrogens with zero attached hydrogens (tertiary/aromatic N) is 1. The van der Waals surface area contributed by atoms with E-state index in [0.29, 0.717) is 24.0 Å².